The molecule has 0 saturated heterocycles. The van der Waals surface area contributed by atoms with Crippen LogP contribution in [0.15, 0.2) is 18.3 Å². The van der Waals surface area contributed by atoms with E-state index in [1.165, 1.54) is 11.3 Å². The topological polar surface area (TPSA) is 51.2 Å². The van der Waals surface area contributed by atoms with Crippen LogP contribution in [0.3, 0.4) is 0 Å². The highest BCUT2D eigenvalue weighted by molar-refractivity contribution is 5.67. The lowest BCUT2D eigenvalue weighted by molar-refractivity contribution is 0.0527. The number of carbonyl (C=O) groups is 1. The van der Waals surface area contributed by atoms with Crippen LogP contribution in [0.2, 0.25) is 0 Å². The first kappa shape index (κ1) is 17.5. The maximum Gasteiger partial charge on any atom is 0.407 e. The second kappa shape index (κ2) is 8.65. The van der Waals surface area contributed by atoms with Crippen LogP contribution in [0.25, 0.3) is 0 Å². The van der Waals surface area contributed by atoms with E-state index in [0.717, 1.165) is 32.1 Å². The van der Waals surface area contributed by atoms with E-state index in [2.05, 4.69) is 23.3 Å². The van der Waals surface area contributed by atoms with Crippen LogP contribution >= 0.6 is 0 Å². The van der Waals surface area contributed by atoms with Gasteiger partial charge >= 0.3 is 6.09 Å². The fourth-order valence-corrected chi connectivity index (χ4v) is 2.02. The number of hydrogen-bond donors (Lipinski definition) is 1. The molecule has 0 aliphatic heterocycles. The van der Waals surface area contributed by atoms with E-state index in [1.807, 2.05) is 33.0 Å². The number of unbranched alkanes of at least 4 members (excludes halogenated alkanes) is 3. The van der Waals surface area contributed by atoms with Crippen LogP contribution in [0.5, 0.6) is 0 Å². The molecule has 4 heteroatoms. The standard InChI is InChI=1S/C17H28N2O2/c1-14-10-12-18-15(13-14)9-7-5-6-8-11-19-16(20)21-17(2,3)4/h10,12-13H,5-9,11H2,1-4H3,(H,19,20). The molecular formula is C17H28N2O2. The Kier molecular flexibility index (Phi) is 7.20. The monoisotopic (exact) mass is 292 g/mol. The number of alkyl carbamates (subject to hydrolysis) is 1. The molecule has 0 aliphatic carbocycles. The molecule has 1 rings (SSSR count). The Balaban J connectivity index is 2.01. The highest BCUT2D eigenvalue weighted by Crippen LogP contribution is 2.08. The minimum atomic E-state index is -0.426. The molecule has 0 unspecified atom stereocenters. The molecule has 21 heavy (non-hydrogen) atoms. The Labute approximate surface area is 128 Å². The third kappa shape index (κ3) is 9.05. The lowest BCUT2D eigenvalue weighted by atomic mass is 10.1. The lowest BCUT2D eigenvalue weighted by Gasteiger charge is -2.19. The molecule has 1 aromatic heterocycles. The first-order valence-corrected chi connectivity index (χ1v) is 7.75. The van der Waals surface area contributed by atoms with E-state index in [0.29, 0.717) is 6.54 Å². The van der Waals surface area contributed by atoms with E-state index in [1.54, 1.807) is 0 Å². The zero-order valence-corrected chi connectivity index (χ0v) is 13.7. The van der Waals surface area contributed by atoms with Gasteiger partial charge in [0.05, 0.1) is 0 Å². The van der Waals surface area contributed by atoms with Gasteiger partial charge in [0.2, 0.25) is 0 Å². The lowest BCUT2D eigenvalue weighted by Crippen LogP contribution is -2.32. The van der Waals surface area contributed by atoms with Crippen molar-refractivity contribution in [3.05, 3.63) is 29.6 Å². The largest absolute Gasteiger partial charge is 0.444 e. The molecule has 0 fully saturated rings. The zero-order valence-electron chi connectivity index (χ0n) is 13.7. The number of aromatic nitrogens is 1. The van der Waals surface area contributed by atoms with Crippen molar-refractivity contribution in [2.45, 2.75) is 65.4 Å². The molecule has 0 atom stereocenters. The number of nitrogens with zero attached hydrogens (tertiary/aromatic N) is 1. The van der Waals surface area contributed by atoms with E-state index < -0.39 is 5.60 Å². The van der Waals surface area contributed by atoms with Crippen molar-refractivity contribution >= 4 is 6.09 Å². The minimum Gasteiger partial charge on any atom is -0.444 e. The third-order valence-corrected chi connectivity index (χ3v) is 3.00. The fraction of sp³-hybridized carbons (Fsp3) is 0.647. The van der Waals surface area contributed by atoms with Crippen molar-refractivity contribution in [2.24, 2.45) is 0 Å². The number of aryl methyl sites for hydroxylation is 2. The summed E-state index contributed by atoms with van der Waals surface area (Å²) in [5.41, 5.74) is 2.01. The Morgan fingerprint density at radius 2 is 1.95 bits per heavy atom. The summed E-state index contributed by atoms with van der Waals surface area (Å²) in [6.45, 7) is 8.37. The molecule has 1 aromatic rings. The van der Waals surface area contributed by atoms with Gasteiger partial charge in [-0.05, 0) is 64.7 Å². The Bertz CT molecular complexity index is 439. The first-order valence-electron chi connectivity index (χ1n) is 7.75. The van der Waals surface area contributed by atoms with Crippen molar-refractivity contribution in [2.75, 3.05) is 6.54 Å². The molecule has 0 aromatic carbocycles. The van der Waals surface area contributed by atoms with Crippen LogP contribution in [0, 0.1) is 6.92 Å². The van der Waals surface area contributed by atoms with Gasteiger partial charge < -0.3 is 10.1 Å². The Hall–Kier alpha value is -1.58. The van der Waals surface area contributed by atoms with Crippen molar-refractivity contribution in [3.63, 3.8) is 0 Å². The number of pyridine rings is 1. The van der Waals surface area contributed by atoms with Crippen LogP contribution in [-0.2, 0) is 11.2 Å². The first-order chi connectivity index (χ1) is 9.87. The van der Waals surface area contributed by atoms with Crippen LogP contribution < -0.4 is 5.32 Å². The predicted molar refractivity (Wildman–Crippen MR) is 85.4 cm³/mol. The Morgan fingerprint density at radius 1 is 1.24 bits per heavy atom. The van der Waals surface area contributed by atoms with Gasteiger partial charge in [-0.3, -0.25) is 4.98 Å². The maximum atomic E-state index is 11.4. The quantitative estimate of drug-likeness (QED) is 0.772. The van der Waals surface area contributed by atoms with Gasteiger partial charge in [0, 0.05) is 18.4 Å². The van der Waals surface area contributed by atoms with Crippen LogP contribution in [0.4, 0.5) is 4.79 Å². The van der Waals surface area contributed by atoms with Gasteiger partial charge in [-0.1, -0.05) is 12.8 Å². The maximum absolute atomic E-state index is 11.4. The minimum absolute atomic E-state index is 0.327. The number of rotatable bonds is 7. The molecule has 1 N–H and O–H groups in total. The highest BCUT2D eigenvalue weighted by atomic mass is 16.6. The van der Waals surface area contributed by atoms with E-state index in [-0.39, 0.29) is 6.09 Å². The summed E-state index contributed by atoms with van der Waals surface area (Å²) in [4.78, 5) is 15.8. The molecular weight excluding hydrogens is 264 g/mol. The summed E-state index contributed by atoms with van der Waals surface area (Å²) < 4.78 is 5.18. The Morgan fingerprint density at radius 3 is 2.62 bits per heavy atom. The molecule has 0 bridgehead atoms. The number of nitrogens with one attached hydrogen (secondary N) is 1. The predicted octanol–water partition coefficient (Wildman–Crippen LogP) is 4.02. The van der Waals surface area contributed by atoms with Gasteiger partial charge in [0.15, 0.2) is 0 Å². The van der Waals surface area contributed by atoms with Crippen LogP contribution in [0.1, 0.15) is 57.7 Å². The summed E-state index contributed by atoms with van der Waals surface area (Å²) in [6.07, 6.45) is 6.97. The summed E-state index contributed by atoms with van der Waals surface area (Å²) in [5.74, 6) is 0. The molecule has 0 radical (unpaired) electrons. The smallest absolute Gasteiger partial charge is 0.407 e. The average molecular weight is 292 g/mol. The summed E-state index contributed by atoms with van der Waals surface area (Å²) >= 11 is 0. The summed E-state index contributed by atoms with van der Waals surface area (Å²) in [6, 6.07) is 4.16. The van der Waals surface area contributed by atoms with Gasteiger partial charge in [-0.25, -0.2) is 4.79 Å². The molecule has 0 saturated carbocycles. The van der Waals surface area contributed by atoms with E-state index in [9.17, 15) is 4.79 Å². The number of ether oxygens (including phenoxy) is 1. The van der Waals surface area contributed by atoms with Crippen molar-refractivity contribution < 1.29 is 9.53 Å². The SMILES string of the molecule is Cc1ccnc(CCCCCCNC(=O)OC(C)(C)C)c1. The average Bonchev–Trinajstić information content (AvgIpc) is 2.35. The molecule has 0 spiro atoms. The summed E-state index contributed by atoms with van der Waals surface area (Å²) in [5, 5.41) is 2.78. The molecule has 0 aliphatic rings. The van der Waals surface area contributed by atoms with Crippen LogP contribution in [-0.4, -0.2) is 23.2 Å². The van der Waals surface area contributed by atoms with Gasteiger partial charge in [-0.15, -0.1) is 0 Å². The van der Waals surface area contributed by atoms with Crippen molar-refractivity contribution in [1.29, 1.82) is 0 Å². The summed E-state index contributed by atoms with van der Waals surface area (Å²) in [7, 11) is 0. The van der Waals surface area contributed by atoms with Gasteiger partial charge in [0.1, 0.15) is 5.60 Å². The zero-order chi connectivity index (χ0) is 15.7. The van der Waals surface area contributed by atoms with Gasteiger partial charge in [-0.2, -0.15) is 0 Å². The molecule has 1 heterocycles. The van der Waals surface area contributed by atoms with Crippen molar-refractivity contribution in [1.82, 2.24) is 10.3 Å². The van der Waals surface area contributed by atoms with Gasteiger partial charge in [0.25, 0.3) is 0 Å². The third-order valence-electron chi connectivity index (χ3n) is 3.00. The normalized spacial score (nSPS) is 11.2. The fourth-order valence-electron chi connectivity index (χ4n) is 2.02. The molecule has 1 amide bonds. The van der Waals surface area contributed by atoms with E-state index >= 15 is 0 Å². The highest BCUT2D eigenvalue weighted by Gasteiger charge is 2.15. The second-order valence-electron chi connectivity index (χ2n) is 6.42. The molecule has 118 valence electrons. The molecule has 4 nitrogen and oxygen atoms in total. The van der Waals surface area contributed by atoms with E-state index in [4.69, 9.17) is 4.74 Å². The van der Waals surface area contributed by atoms with Crippen molar-refractivity contribution in [3.8, 4) is 0 Å². The number of carbonyl (C=O) groups excluding carboxylic acids is 1. The number of amides is 1. The second-order valence-corrected chi connectivity index (χ2v) is 6.42. The number of hydrogen-bond acceptors (Lipinski definition) is 3.